The molecule has 2 N–H and O–H groups in total. The lowest BCUT2D eigenvalue weighted by Gasteiger charge is -2.29. The first kappa shape index (κ1) is 16.0. The Morgan fingerprint density at radius 1 is 1.52 bits per heavy atom. The Morgan fingerprint density at radius 2 is 2.29 bits per heavy atom. The molecule has 0 atom stereocenters. The van der Waals surface area contributed by atoms with Crippen LogP contribution in [-0.4, -0.2) is 48.7 Å². The molecule has 118 valence electrons. The summed E-state index contributed by atoms with van der Waals surface area (Å²) in [7, 11) is 0. The number of anilines is 1. The molecular weight excluding hydrogens is 268 g/mol. The van der Waals surface area contributed by atoms with Crippen LogP contribution in [0.4, 0.5) is 5.88 Å². The van der Waals surface area contributed by atoms with E-state index in [9.17, 15) is 4.79 Å². The fourth-order valence-corrected chi connectivity index (χ4v) is 2.78. The van der Waals surface area contributed by atoms with Crippen molar-refractivity contribution >= 4 is 11.8 Å². The summed E-state index contributed by atoms with van der Waals surface area (Å²) in [6.07, 6.45) is 3.45. The summed E-state index contributed by atoms with van der Waals surface area (Å²) in [5, 5.41) is 9.91. The van der Waals surface area contributed by atoms with Crippen molar-refractivity contribution in [1.29, 1.82) is 0 Å². The normalized spacial score (nSPS) is 16.3. The quantitative estimate of drug-likeness (QED) is 0.800. The molecule has 0 radical (unpaired) electrons. The van der Waals surface area contributed by atoms with Gasteiger partial charge in [0.1, 0.15) is 0 Å². The molecule has 0 aromatic carbocycles. The zero-order valence-electron chi connectivity index (χ0n) is 13.0. The van der Waals surface area contributed by atoms with E-state index in [1.165, 1.54) is 12.8 Å². The maximum Gasteiger partial charge on any atom is 0.240 e. The summed E-state index contributed by atoms with van der Waals surface area (Å²) in [6.45, 7) is 8.53. The number of amides is 1. The molecule has 2 heterocycles. The molecule has 1 amide bonds. The van der Waals surface area contributed by atoms with E-state index in [1.807, 2.05) is 6.92 Å². The molecule has 6 heteroatoms. The molecule has 1 saturated heterocycles. The van der Waals surface area contributed by atoms with Crippen LogP contribution >= 0.6 is 0 Å². The van der Waals surface area contributed by atoms with E-state index in [2.05, 4.69) is 27.6 Å². The van der Waals surface area contributed by atoms with Crippen molar-refractivity contribution in [2.45, 2.75) is 33.1 Å². The van der Waals surface area contributed by atoms with Gasteiger partial charge in [-0.2, -0.15) is 0 Å². The predicted octanol–water partition coefficient (Wildman–Crippen LogP) is 1.63. The van der Waals surface area contributed by atoms with Crippen LogP contribution in [0, 0.1) is 12.8 Å². The third-order valence-electron chi connectivity index (χ3n) is 3.77. The van der Waals surface area contributed by atoms with Crippen molar-refractivity contribution in [2.24, 2.45) is 5.92 Å². The average Bonchev–Trinajstić information content (AvgIpc) is 2.85. The summed E-state index contributed by atoms with van der Waals surface area (Å²) in [5.74, 6) is 1.09. The molecule has 1 aliphatic rings. The number of piperidine rings is 1. The van der Waals surface area contributed by atoms with E-state index >= 15 is 0 Å². The van der Waals surface area contributed by atoms with E-state index in [0.717, 1.165) is 38.3 Å². The molecule has 2 rings (SSSR count). The minimum absolute atomic E-state index is 0.0338. The second kappa shape index (κ2) is 8.14. The molecule has 1 fully saturated rings. The largest absolute Gasteiger partial charge is 0.338 e. The van der Waals surface area contributed by atoms with E-state index in [1.54, 1.807) is 6.07 Å². The number of rotatable bonds is 7. The number of hydrogen-bond acceptors (Lipinski definition) is 5. The standard InChI is InChI=1S/C15H26N4O2/c1-3-8-19(10-13-4-6-16-7-5-13)11-14(20)17-15-9-12(2)18-21-15/h9,13,16H,3-8,10-11H2,1-2H3,(H,17,20). The monoisotopic (exact) mass is 294 g/mol. The lowest BCUT2D eigenvalue weighted by atomic mass is 9.97. The highest BCUT2D eigenvalue weighted by Gasteiger charge is 2.19. The highest BCUT2D eigenvalue weighted by molar-refractivity contribution is 5.90. The fraction of sp³-hybridized carbons (Fsp3) is 0.733. The predicted molar refractivity (Wildman–Crippen MR) is 82.2 cm³/mol. The molecule has 21 heavy (non-hydrogen) atoms. The lowest BCUT2D eigenvalue weighted by molar-refractivity contribution is -0.117. The zero-order valence-corrected chi connectivity index (χ0v) is 13.0. The maximum absolute atomic E-state index is 12.1. The first-order chi connectivity index (χ1) is 10.2. The second-order valence-electron chi connectivity index (χ2n) is 5.81. The van der Waals surface area contributed by atoms with Gasteiger partial charge in [-0.05, 0) is 51.7 Å². The number of hydrogen-bond donors (Lipinski definition) is 2. The van der Waals surface area contributed by atoms with Crippen LogP contribution in [0.3, 0.4) is 0 Å². The molecule has 1 aromatic heterocycles. The number of nitrogens with zero attached hydrogens (tertiary/aromatic N) is 2. The van der Waals surface area contributed by atoms with Crippen molar-refractivity contribution in [2.75, 3.05) is 38.0 Å². The zero-order chi connectivity index (χ0) is 15.1. The summed E-state index contributed by atoms with van der Waals surface area (Å²) in [4.78, 5) is 14.3. The molecule has 1 aromatic rings. The first-order valence-electron chi connectivity index (χ1n) is 7.83. The maximum atomic E-state index is 12.1. The van der Waals surface area contributed by atoms with Crippen molar-refractivity contribution in [3.63, 3.8) is 0 Å². The van der Waals surface area contributed by atoms with E-state index in [-0.39, 0.29) is 5.91 Å². The van der Waals surface area contributed by atoms with Crippen LogP contribution in [0.1, 0.15) is 31.9 Å². The van der Waals surface area contributed by atoms with Crippen LogP contribution in [0.5, 0.6) is 0 Å². The van der Waals surface area contributed by atoms with Gasteiger partial charge in [-0.25, -0.2) is 0 Å². The number of aryl methyl sites for hydroxylation is 1. The average molecular weight is 294 g/mol. The van der Waals surface area contributed by atoms with Crippen molar-refractivity contribution in [3.8, 4) is 0 Å². The summed E-state index contributed by atoms with van der Waals surface area (Å²) < 4.78 is 5.02. The number of carbonyl (C=O) groups is 1. The van der Waals surface area contributed by atoms with Crippen LogP contribution in [0.2, 0.25) is 0 Å². The molecule has 0 bridgehead atoms. The summed E-state index contributed by atoms with van der Waals surface area (Å²) in [6, 6.07) is 1.73. The minimum Gasteiger partial charge on any atom is -0.338 e. The Hall–Kier alpha value is -1.40. The number of aromatic nitrogens is 1. The Morgan fingerprint density at radius 3 is 2.90 bits per heavy atom. The topological polar surface area (TPSA) is 70.4 Å². The number of nitrogens with one attached hydrogen (secondary N) is 2. The number of carbonyl (C=O) groups excluding carboxylic acids is 1. The molecular formula is C15H26N4O2. The first-order valence-corrected chi connectivity index (χ1v) is 7.83. The van der Waals surface area contributed by atoms with Crippen LogP contribution < -0.4 is 10.6 Å². The van der Waals surface area contributed by atoms with Crippen LogP contribution in [0.15, 0.2) is 10.6 Å². The summed E-state index contributed by atoms with van der Waals surface area (Å²) >= 11 is 0. The molecule has 6 nitrogen and oxygen atoms in total. The van der Waals surface area contributed by atoms with Crippen molar-refractivity contribution < 1.29 is 9.32 Å². The fourth-order valence-electron chi connectivity index (χ4n) is 2.78. The third-order valence-corrected chi connectivity index (χ3v) is 3.77. The van der Waals surface area contributed by atoms with Crippen LogP contribution in [0.25, 0.3) is 0 Å². The van der Waals surface area contributed by atoms with Crippen LogP contribution in [-0.2, 0) is 4.79 Å². The van der Waals surface area contributed by atoms with Gasteiger partial charge in [0.25, 0.3) is 0 Å². The van der Waals surface area contributed by atoms with Gasteiger partial charge in [-0.3, -0.25) is 15.0 Å². The van der Waals surface area contributed by atoms with Gasteiger partial charge in [0.2, 0.25) is 11.8 Å². The Labute approximate surface area is 126 Å². The Balaban J connectivity index is 1.81. The van der Waals surface area contributed by atoms with Crippen molar-refractivity contribution in [1.82, 2.24) is 15.4 Å². The smallest absolute Gasteiger partial charge is 0.240 e. The van der Waals surface area contributed by atoms with E-state index in [4.69, 9.17) is 4.52 Å². The molecule has 0 unspecified atom stereocenters. The Kier molecular flexibility index (Phi) is 6.20. The SMILES string of the molecule is CCCN(CC(=O)Nc1cc(C)no1)CC1CCNCC1. The highest BCUT2D eigenvalue weighted by atomic mass is 16.5. The van der Waals surface area contributed by atoms with Gasteiger partial charge in [0.05, 0.1) is 12.2 Å². The summed E-state index contributed by atoms with van der Waals surface area (Å²) in [5.41, 5.74) is 0.769. The third kappa shape index (κ3) is 5.47. The van der Waals surface area contributed by atoms with Gasteiger partial charge >= 0.3 is 0 Å². The highest BCUT2D eigenvalue weighted by Crippen LogP contribution is 2.14. The van der Waals surface area contributed by atoms with E-state index < -0.39 is 0 Å². The van der Waals surface area contributed by atoms with Gasteiger partial charge < -0.3 is 9.84 Å². The van der Waals surface area contributed by atoms with Gasteiger partial charge in [0, 0.05) is 12.6 Å². The van der Waals surface area contributed by atoms with Gasteiger partial charge in [0.15, 0.2) is 0 Å². The Bertz CT molecular complexity index is 441. The van der Waals surface area contributed by atoms with E-state index in [0.29, 0.717) is 18.3 Å². The second-order valence-corrected chi connectivity index (χ2v) is 5.81. The van der Waals surface area contributed by atoms with Crippen molar-refractivity contribution in [3.05, 3.63) is 11.8 Å². The van der Waals surface area contributed by atoms with Gasteiger partial charge in [-0.15, -0.1) is 0 Å². The molecule has 0 saturated carbocycles. The minimum atomic E-state index is -0.0338. The molecule has 1 aliphatic heterocycles. The lowest BCUT2D eigenvalue weighted by Crippen LogP contribution is -2.40. The molecule has 0 aliphatic carbocycles. The molecule has 0 spiro atoms. The van der Waals surface area contributed by atoms with Gasteiger partial charge in [-0.1, -0.05) is 12.1 Å².